The fourth-order valence-electron chi connectivity index (χ4n) is 2.91. The summed E-state index contributed by atoms with van der Waals surface area (Å²) >= 11 is 0. The van der Waals surface area contributed by atoms with E-state index in [0.717, 1.165) is 5.56 Å². The largest absolute Gasteiger partial charge is 0.484 e. The minimum absolute atomic E-state index is 0.0666. The molecule has 0 aliphatic carbocycles. The fraction of sp³-hybridized carbons (Fsp3) is 0.263. The standard InChI is InChI=1S/C19H18O3/c1-13(20)11-12-16-18(21)15-9-5-6-10-17(15)22-19(16)14-7-3-2-4-8-14/h2-10,16,19H,11-12H2,1H3. The van der Waals surface area contributed by atoms with Crippen molar-refractivity contribution in [3.8, 4) is 5.75 Å². The van der Waals surface area contributed by atoms with Gasteiger partial charge in [-0.2, -0.15) is 0 Å². The van der Waals surface area contributed by atoms with Gasteiger partial charge in [0.25, 0.3) is 0 Å². The lowest BCUT2D eigenvalue weighted by Gasteiger charge is -2.32. The molecule has 0 N–H and O–H groups in total. The Morgan fingerprint density at radius 1 is 1.05 bits per heavy atom. The lowest BCUT2D eigenvalue weighted by Crippen LogP contribution is -2.32. The summed E-state index contributed by atoms with van der Waals surface area (Å²) in [6.07, 6.45) is 0.579. The fourth-order valence-corrected chi connectivity index (χ4v) is 2.91. The van der Waals surface area contributed by atoms with E-state index in [1.807, 2.05) is 48.5 Å². The molecule has 0 fully saturated rings. The van der Waals surface area contributed by atoms with Gasteiger partial charge in [-0.25, -0.2) is 0 Å². The molecule has 0 spiro atoms. The van der Waals surface area contributed by atoms with Gasteiger partial charge in [-0.1, -0.05) is 42.5 Å². The first-order valence-corrected chi connectivity index (χ1v) is 7.51. The zero-order chi connectivity index (χ0) is 15.5. The first kappa shape index (κ1) is 14.5. The van der Waals surface area contributed by atoms with E-state index in [4.69, 9.17) is 4.74 Å². The number of carbonyl (C=O) groups is 2. The third-order valence-electron chi connectivity index (χ3n) is 4.04. The molecule has 0 radical (unpaired) electrons. The molecule has 3 rings (SSSR count). The summed E-state index contributed by atoms with van der Waals surface area (Å²) in [6, 6.07) is 17.1. The molecule has 3 heteroatoms. The SMILES string of the molecule is CC(=O)CCC1C(=O)c2ccccc2OC1c1ccccc1. The Bertz CT molecular complexity index is 691. The number of Topliss-reactive ketones (excluding diaryl/α,β-unsaturated/α-hetero) is 2. The molecular formula is C19H18O3. The van der Waals surface area contributed by atoms with Gasteiger partial charge >= 0.3 is 0 Å². The van der Waals surface area contributed by atoms with Crippen molar-refractivity contribution in [1.82, 2.24) is 0 Å². The summed E-state index contributed by atoms with van der Waals surface area (Å²) in [5, 5.41) is 0. The Kier molecular flexibility index (Phi) is 4.05. The molecule has 1 aliphatic rings. The van der Waals surface area contributed by atoms with Crippen LogP contribution in [0.25, 0.3) is 0 Å². The molecule has 0 saturated carbocycles. The highest BCUT2D eigenvalue weighted by molar-refractivity contribution is 6.01. The van der Waals surface area contributed by atoms with Gasteiger partial charge in [0.2, 0.25) is 0 Å². The summed E-state index contributed by atoms with van der Waals surface area (Å²) < 4.78 is 6.10. The molecule has 0 amide bonds. The molecule has 2 aromatic rings. The van der Waals surface area contributed by atoms with Crippen LogP contribution >= 0.6 is 0 Å². The monoisotopic (exact) mass is 294 g/mol. The zero-order valence-corrected chi connectivity index (χ0v) is 12.5. The van der Waals surface area contributed by atoms with Crippen LogP contribution in [0.5, 0.6) is 5.75 Å². The Balaban J connectivity index is 1.98. The first-order valence-electron chi connectivity index (χ1n) is 7.51. The van der Waals surface area contributed by atoms with Crippen LogP contribution in [0.1, 0.15) is 41.8 Å². The Hall–Kier alpha value is -2.42. The van der Waals surface area contributed by atoms with Crippen LogP contribution in [0.15, 0.2) is 54.6 Å². The van der Waals surface area contributed by atoms with Gasteiger partial charge in [-0.3, -0.25) is 4.79 Å². The van der Waals surface area contributed by atoms with E-state index < -0.39 is 0 Å². The quantitative estimate of drug-likeness (QED) is 0.856. The van der Waals surface area contributed by atoms with Crippen molar-refractivity contribution in [1.29, 1.82) is 0 Å². The second kappa shape index (κ2) is 6.14. The van der Waals surface area contributed by atoms with E-state index in [-0.39, 0.29) is 23.6 Å². The van der Waals surface area contributed by atoms with E-state index in [1.54, 1.807) is 13.0 Å². The minimum atomic E-state index is -0.331. The highest BCUT2D eigenvalue weighted by Gasteiger charge is 2.37. The molecule has 1 heterocycles. The topological polar surface area (TPSA) is 43.4 Å². The number of ether oxygens (including phenoxy) is 1. The summed E-state index contributed by atoms with van der Waals surface area (Å²) in [5.74, 6) is 0.469. The maximum Gasteiger partial charge on any atom is 0.173 e. The molecule has 1 aliphatic heterocycles. The molecule has 22 heavy (non-hydrogen) atoms. The summed E-state index contributed by atoms with van der Waals surface area (Å²) in [6.45, 7) is 1.56. The van der Waals surface area contributed by atoms with Gasteiger partial charge in [0.05, 0.1) is 11.5 Å². The van der Waals surface area contributed by atoms with Crippen molar-refractivity contribution in [2.24, 2.45) is 5.92 Å². The van der Waals surface area contributed by atoms with Crippen LogP contribution in [0.2, 0.25) is 0 Å². The lowest BCUT2D eigenvalue weighted by molar-refractivity contribution is -0.117. The molecule has 0 bridgehead atoms. The van der Waals surface area contributed by atoms with Gasteiger partial charge in [-0.15, -0.1) is 0 Å². The predicted molar refractivity (Wildman–Crippen MR) is 84.0 cm³/mol. The van der Waals surface area contributed by atoms with E-state index in [1.165, 1.54) is 0 Å². The number of fused-ring (bicyclic) bond motifs is 1. The maximum absolute atomic E-state index is 12.8. The number of para-hydroxylation sites is 1. The Labute approximate surface area is 129 Å². The van der Waals surface area contributed by atoms with Crippen molar-refractivity contribution in [3.05, 3.63) is 65.7 Å². The predicted octanol–water partition coefficient (Wildman–Crippen LogP) is 3.99. The summed E-state index contributed by atoms with van der Waals surface area (Å²) in [5.41, 5.74) is 1.59. The van der Waals surface area contributed by atoms with Gasteiger partial charge < -0.3 is 9.53 Å². The van der Waals surface area contributed by atoms with Gasteiger partial charge in [0.15, 0.2) is 5.78 Å². The number of ketones is 2. The highest BCUT2D eigenvalue weighted by atomic mass is 16.5. The maximum atomic E-state index is 12.8. The van der Waals surface area contributed by atoms with Gasteiger partial charge in [0.1, 0.15) is 17.6 Å². The second-order valence-corrected chi connectivity index (χ2v) is 5.66. The highest BCUT2D eigenvalue weighted by Crippen LogP contribution is 2.40. The average Bonchev–Trinajstić information content (AvgIpc) is 2.54. The van der Waals surface area contributed by atoms with Crippen LogP contribution in [-0.4, -0.2) is 11.6 Å². The van der Waals surface area contributed by atoms with Crippen molar-refractivity contribution >= 4 is 11.6 Å². The molecule has 112 valence electrons. The first-order chi connectivity index (χ1) is 10.7. The molecule has 0 aromatic heterocycles. The van der Waals surface area contributed by atoms with Gasteiger partial charge in [0, 0.05) is 6.42 Å². The minimum Gasteiger partial charge on any atom is -0.484 e. The van der Waals surface area contributed by atoms with Crippen LogP contribution < -0.4 is 4.74 Å². The Morgan fingerprint density at radius 2 is 1.73 bits per heavy atom. The normalized spacial score (nSPS) is 20.1. The zero-order valence-electron chi connectivity index (χ0n) is 12.5. The summed E-state index contributed by atoms with van der Waals surface area (Å²) in [4.78, 5) is 24.2. The molecule has 2 aromatic carbocycles. The number of carbonyl (C=O) groups excluding carboxylic acids is 2. The number of hydrogen-bond acceptors (Lipinski definition) is 3. The third kappa shape index (κ3) is 2.80. The van der Waals surface area contributed by atoms with Crippen LogP contribution in [0.4, 0.5) is 0 Å². The van der Waals surface area contributed by atoms with Crippen LogP contribution in [0.3, 0.4) is 0 Å². The molecule has 0 saturated heterocycles. The van der Waals surface area contributed by atoms with Crippen LogP contribution in [-0.2, 0) is 4.79 Å². The van der Waals surface area contributed by atoms with Crippen molar-refractivity contribution in [2.75, 3.05) is 0 Å². The van der Waals surface area contributed by atoms with Crippen molar-refractivity contribution < 1.29 is 14.3 Å². The number of rotatable bonds is 4. The number of hydrogen-bond donors (Lipinski definition) is 0. The number of benzene rings is 2. The van der Waals surface area contributed by atoms with E-state index in [9.17, 15) is 9.59 Å². The van der Waals surface area contributed by atoms with E-state index in [0.29, 0.717) is 24.2 Å². The summed E-state index contributed by atoms with van der Waals surface area (Å²) in [7, 11) is 0. The lowest BCUT2D eigenvalue weighted by atomic mass is 9.82. The third-order valence-corrected chi connectivity index (χ3v) is 4.04. The van der Waals surface area contributed by atoms with Gasteiger partial charge in [-0.05, 0) is 31.0 Å². The van der Waals surface area contributed by atoms with E-state index >= 15 is 0 Å². The van der Waals surface area contributed by atoms with Crippen LogP contribution in [0, 0.1) is 5.92 Å². The Morgan fingerprint density at radius 3 is 2.45 bits per heavy atom. The average molecular weight is 294 g/mol. The molecule has 3 nitrogen and oxygen atoms in total. The van der Waals surface area contributed by atoms with Crippen molar-refractivity contribution in [3.63, 3.8) is 0 Å². The molecule has 2 atom stereocenters. The second-order valence-electron chi connectivity index (χ2n) is 5.66. The van der Waals surface area contributed by atoms with Crippen molar-refractivity contribution in [2.45, 2.75) is 25.9 Å². The van der Waals surface area contributed by atoms with E-state index in [2.05, 4.69) is 0 Å². The smallest absolute Gasteiger partial charge is 0.173 e. The molecule has 2 unspecified atom stereocenters. The molecular weight excluding hydrogens is 276 g/mol.